The number of anilines is 1. The van der Waals surface area contributed by atoms with Gasteiger partial charge >= 0.3 is 6.18 Å². The number of nitrogens with two attached hydrogens (primary N) is 1. The predicted octanol–water partition coefficient (Wildman–Crippen LogP) is 6.51. The van der Waals surface area contributed by atoms with Crippen molar-refractivity contribution in [1.29, 1.82) is 0 Å². The molecule has 0 aliphatic rings. The summed E-state index contributed by atoms with van der Waals surface area (Å²) < 4.78 is 52.8. The Labute approximate surface area is 189 Å². The second kappa shape index (κ2) is 9.65. The van der Waals surface area contributed by atoms with Crippen LogP contribution in [0.5, 0.6) is 11.8 Å². The molecule has 33 heavy (non-hydrogen) atoms. The second-order valence-corrected chi connectivity index (χ2v) is 7.35. The van der Waals surface area contributed by atoms with Crippen LogP contribution in [0.25, 0.3) is 11.1 Å². The summed E-state index contributed by atoms with van der Waals surface area (Å²) in [5, 5.41) is 0. The van der Waals surface area contributed by atoms with E-state index in [1.165, 1.54) is 24.3 Å². The highest BCUT2D eigenvalue weighted by atomic mass is 19.4. The standard InChI is InChI=1S/C26H21F3N2O2/c27-26(28,29)23-13-11-20(30)15-22(23)21-12-14-24(32-16-18-7-3-1-4-8-18)31-25(21)33-17-19-9-5-2-6-10-19/h1-15H,16-17,30H2. The molecule has 0 fully saturated rings. The van der Waals surface area contributed by atoms with Crippen LogP contribution >= 0.6 is 0 Å². The molecule has 168 valence electrons. The highest BCUT2D eigenvalue weighted by molar-refractivity contribution is 5.75. The number of pyridine rings is 1. The Hall–Kier alpha value is -4.00. The van der Waals surface area contributed by atoms with Gasteiger partial charge in [-0.1, -0.05) is 60.7 Å². The van der Waals surface area contributed by atoms with Crippen LogP contribution in [-0.2, 0) is 19.4 Å². The van der Waals surface area contributed by atoms with Gasteiger partial charge < -0.3 is 15.2 Å². The Balaban J connectivity index is 1.70. The molecule has 0 radical (unpaired) electrons. The average molecular weight is 450 g/mol. The lowest BCUT2D eigenvalue weighted by Crippen LogP contribution is -2.09. The molecule has 0 spiro atoms. The van der Waals surface area contributed by atoms with E-state index in [2.05, 4.69) is 4.98 Å². The molecular formula is C26H21F3N2O2. The summed E-state index contributed by atoms with van der Waals surface area (Å²) in [4.78, 5) is 4.38. The van der Waals surface area contributed by atoms with Gasteiger partial charge in [-0.15, -0.1) is 0 Å². The molecule has 4 aromatic rings. The molecule has 3 aromatic carbocycles. The minimum absolute atomic E-state index is 0.0283. The van der Waals surface area contributed by atoms with Gasteiger partial charge in [0.1, 0.15) is 13.2 Å². The molecule has 0 unspecified atom stereocenters. The van der Waals surface area contributed by atoms with Crippen molar-refractivity contribution in [2.45, 2.75) is 19.4 Å². The van der Waals surface area contributed by atoms with Crippen molar-refractivity contribution >= 4 is 5.69 Å². The van der Waals surface area contributed by atoms with Crippen LogP contribution in [-0.4, -0.2) is 4.98 Å². The first-order valence-corrected chi connectivity index (χ1v) is 10.2. The summed E-state index contributed by atoms with van der Waals surface area (Å²) in [7, 11) is 0. The van der Waals surface area contributed by atoms with E-state index in [1.54, 1.807) is 0 Å². The van der Waals surface area contributed by atoms with E-state index >= 15 is 0 Å². The second-order valence-electron chi connectivity index (χ2n) is 7.35. The number of halogens is 3. The molecule has 4 rings (SSSR count). The molecule has 7 heteroatoms. The Morgan fingerprint density at radius 2 is 1.30 bits per heavy atom. The first kappa shape index (κ1) is 22.2. The fourth-order valence-corrected chi connectivity index (χ4v) is 3.31. The first-order chi connectivity index (χ1) is 15.9. The third-order valence-corrected chi connectivity index (χ3v) is 4.92. The number of alkyl halides is 3. The lowest BCUT2D eigenvalue weighted by molar-refractivity contribution is -0.137. The summed E-state index contributed by atoms with van der Waals surface area (Å²) >= 11 is 0. The molecule has 0 saturated heterocycles. The van der Waals surface area contributed by atoms with E-state index in [4.69, 9.17) is 15.2 Å². The van der Waals surface area contributed by atoms with Gasteiger partial charge in [-0.25, -0.2) is 0 Å². The molecule has 0 atom stereocenters. The van der Waals surface area contributed by atoms with Gasteiger partial charge in [0.05, 0.1) is 5.56 Å². The zero-order valence-electron chi connectivity index (χ0n) is 17.5. The third kappa shape index (κ3) is 5.63. The number of hydrogen-bond acceptors (Lipinski definition) is 4. The van der Waals surface area contributed by atoms with Gasteiger partial charge in [-0.05, 0) is 35.4 Å². The van der Waals surface area contributed by atoms with Crippen molar-refractivity contribution in [2.75, 3.05) is 5.73 Å². The van der Waals surface area contributed by atoms with Crippen molar-refractivity contribution in [3.05, 3.63) is 108 Å². The van der Waals surface area contributed by atoms with Gasteiger partial charge in [0, 0.05) is 22.9 Å². The van der Waals surface area contributed by atoms with Crippen LogP contribution < -0.4 is 15.2 Å². The number of benzene rings is 3. The Kier molecular flexibility index (Phi) is 6.49. The quantitative estimate of drug-likeness (QED) is 0.326. The van der Waals surface area contributed by atoms with Crippen LogP contribution in [0.15, 0.2) is 91.0 Å². The maximum Gasteiger partial charge on any atom is 0.417 e. The van der Waals surface area contributed by atoms with E-state index in [1.807, 2.05) is 60.7 Å². The number of aromatic nitrogens is 1. The minimum Gasteiger partial charge on any atom is -0.473 e. The molecule has 0 aliphatic carbocycles. The zero-order valence-corrected chi connectivity index (χ0v) is 17.5. The van der Waals surface area contributed by atoms with Crippen molar-refractivity contribution in [3.63, 3.8) is 0 Å². The monoisotopic (exact) mass is 450 g/mol. The van der Waals surface area contributed by atoms with Gasteiger partial charge in [0.2, 0.25) is 11.8 Å². The Bertz CT molecular complexity index is 1210. The maximum absolute atomic E-state index is 13.7. The molecule has 0 saturated carbocycles. The maximum atomic E-state index is 13.7. The topological polar surface area (TPSA) is 57.4 Å². The number of rotatable bonds is 7. The van der Waals surface area contributed by atoms with E-state index < -0.39 is 11.7 Å². The molecule has 0 bridgehead atoms. The Morgan fingerprint density at radius 1 is 0.697 bits per heavy atom. The van der Waals surface area contributed by atoms with Gasteiger partial charge in [-0.3, -0.25) is 0 Å². The van der Waals surface area contributed by atoms with Crippen molar-refractivity contribution < 1.29 is 22.6 Å². The zero-order chi connectivity index (χ0) is 23.3. The number of ether oxygens (including phenoxy) is 2. The number of hydrogen-bond donors (Lipinski definition) is 1. The molecule has 1 aromatic heterocycles. The SMILES string of the molecule is Nc1ccc(C(F)(F)F)c(-c2ccc(OCc3ccccc3)nc2OCc2ccccc2)c1. The van der Waals surface area contributed by atoms with Crippen LogP contribution in [0.2, 0.25) is 0 Å². The summed E-state index contributed by atoms with van der Waals surface area (Å²) in [5.74, 6) is 0.267. The molecule has 2 N–H and O–H groups in total. The van der Waals surface area contributed by atoms with Gasteiger partial charge in [0.15, 0.2) is 0 Å². The summed E-state index contributed by atoms with van der Waals surface area (Å²) in [6.07, 6.45) is -4.57. The van der Waals surface area contributed by atoms with Crippen molar-refractivity contribution in [1.82, 2.24) is 4.98 Å². The van der Waals surface area contributed by atoms with E-state index in [0.29, 0.717) is 0 Å². The fourth-order valence-electron chi connectivity index (χ4n) is 3.31. The van der Waals surface area contributed by atoms with E-state index in [-0.39, 0.29) is 41.8 Å². The van der Waals surface area contributed by atoms with Crippen LogP contribution in [0.4, 0.5) is 18.9 Å². The van der Waals surface area contributed by atoms with Crippen molar-refractivity contribution in [2.24, 2.45) is 0 Å². The van der Waals surface area contributed by atoms with Crippen molar-refractivity contribution in [3.8, 4) is 22.9 Å². The van der Waals surface area contributed by atoms with Crippen LogP contribution in [0.1, 0.15) is 16.7 Å². The van der Waals surface area contributed by atoms with Gasteiger partial charge in [0.25, 0.3) is 0 Å². The highest BCUT2D eigenvalue weighted by Gasteiger charge is 2.34. The summed E-state index contributed by atoms with van der Waals surface area (Å²) in [6.45, 7) is 0.393. The minimum atomic E-state index is -4.57. The molecule has 4 nitrogen and oxygen atoms in total. The lowest BCUT2D eigenvalue weighted by atomic mass is 9.99. The summed E-state index contributed by atoms with van der Waals surface area (Å²) in [6, 6.07) is 25.3. The first-order valence-electron chi connectivity index (χ1n) is 10.2. The highest BCUT2D eigenvalue weighted by Crippen LogP contribution is 2.41. The molecule has 1 heterocycles. The Morgan fingerprint density at radius 3 is 1.91 bits per heavy atom. The number of nitrogens with zero attached hydrogens (tertiary/aromatic N) is 1. The van der Waals surface area contributed by atoms with E-state index in [0.717, 1.165) is 17.2 Å². The molecular weight excluding hydrogens is 429 g/mol. The smallest absolute Gasteiger partial charge is 0.417 e. The number of nitrogen functional groups attached to an aromatic ring is 1. The van der Waals surface area contributed by atoms with E-state index in [9.17, 15) is 13.2 Å². The predicted molar refractivity (Wildman–Crippen MR) is 121 cm³/mol. The third-order valence-electron chi connectivity index (χ3n) is 4.92. The largest absolute Gasteiger partial charge is 0.473 e. The van der Waals surface area contributed by atoms with Crippen LogP contribution in [0.3, 0.4) is 0 Å². The molecule has 0 aliphatic heterocycles. The van der Waals surface area contributed by atoms with Gasteiger partial charge in [-0.2, -0.15) is 18.2 Å². The normalized spacial score (nSPS) is 11.2. The lowest BCUT2D eigenvalue weighted by Gasteiger charge is -2.17. The molecule has 0 amide bonds. The van der Waals surface area contributed by atoms with Crippen LogP contribution in [0, 0.1) is 0 Å². The average Bonchev–Trinajstić information content (AvgIpc) is 2.82. The fraction of sp³-hybridized carbons (Fsp3) is 0.115. The summed E-state index contributed by atoms with van der Waals surface area (Å²) in [5.41, 5.74) is 7.06.